The van der Waals surface area contributed by atoms with Gasteiger partial charge in [-0.15, -0.1) is 0 Å². The van der Waals surface area contributed by atoms with E-state index in [0.29, 0.717) is 22.3 Å². The van der Waals surface area contributed by atoms with Crippen molar-refractivity contribution in [2.75, 3.05) is 0 Å². The Hall–Kier alpha value is -4.96. The molecule has 0 N–H and O–H groups in total. The number of hydrogen-bond acceptors (Lipinski definition) is 4. The van der Waals surface area contributed by atoms with Crippen LogP contribution in [0.15, 0.2) is 121 Å². The summed E-state index contributed by atoms with van der Waals surface area (Å²) in [5.41, 5.74) is 6.59. The lowest BCUT2D eigenvalue weighted by atomic mass is 9.92. The van der Waals surface area contributed by atoms with Gasteiger partial charge in [-0.25, -0.2) is 0 Å². The number of carbonyl (C=O) groups is 2. The fourth-order valence-corrected chi connectivity index (χ4v) is 5.22. The Bertz CT molecular complexity index is 1670. The van der Waals surface area contributed by atoms with Crippen LogP contribution in [0, 0.1) is 0 Å². The van der Waals surface area contributed by atoms with E-state index in [2.05, 4.69) is 6.07 Å². The van der Waals surface area contributed by atoms with E-state index in [1.165, 1.54) is 0 Å². The van der Waals surface area contributed by atoms with E-state index in [4.69, 9.17) is 9.47 Å². The minimum Gasteiger partial charge on any atom is -0.477 e. The molecule has 3 aliphatic rings. The van der Waals surface area contributed by atoms with Crippen molar-refractivity contribution in [3.8, 4) is 11.5 Å². The molecule has 2 unspecified atom stereocenters. The van der Waals surface area contributed by atoms with E-state index in [1.54, 1.807) is 0 Å². The molecule has 38 heavy (non-hydrogen) atoms. The summed E-state index contributed by atoms with van der Waals surface area (Å²) in [4.78, 5) is 25.5. The molecule has 2 atom stereocenters. The van der Waals surface area contributed by atoms with Gasteiger partial charge < -0.3 is 9.47 Å². The molecule has 0 amide bonds. The van der Waals surface area contributed by atoms with Crippen molar-refractivity contribution in [2.45, 2.75) is 12.2 Å². The topological polar surface area (TPSA) is 52.6 Å². The molecular weight excluding hydrogens is 472 g/mol. The predicted molar refractivity (Wildman–Crippen MR) is 144 cm³/mol. The molecule has 3 heterocycles. The van der Waals surface area contributed by atoms with Crippen molar-refractivity contribution in [1.82, 2.24) is 0 Å². The minimum absolute atomic E-state index is 0.000251. The van der Waals surface area contributed by atoms with Crippen LogP contribution in [0.5, 0.6) is 11.5 Å². The maximum absolute atomic E-state index is 12.8. The highest BCUT2D eigenvalue weighted by Crippen LogP contribution is 2.54. The van der Waals surface area contributed by atoms with E-state index in [9.17, 15) is 9.59 Å². The van der Waals surface area contributed by atoms with Gasteiger partial charge in [0.15, 0.2) is 29.2 Å². The number of hydrogen-bond donors (Lipinski definition) is 0. The average molecular weight is 495 g/mol. The standard InChI is InChI=1S/C34H22O4/c35-30(21-7-3-1-4-8-21)23-11-15-25(16-12-23)32-27-19-28-33(37-29(20-27)34(28)38-32)26-17-13-24(14-18-26)31(36)22-9-5-2-6-10-22/h1-20,32-33H. The van der Waals surface area contributed by atoms with Gasteiger partial charge in [0, 0.05) is 33.4 Å². The molecule has 4 nitrogen and oxygen atoms in total. The molecular formula is C34H22O4. The van der Waals surface area contributed by atoms with E-state index in [1.807, 2.05) is 115 Å². The van der Waals surface area contributed by atoms with Crippen molar-refractivity contribution in [1.29, 1.82) is 0 Å². The summed E-state index contributed by atoms with van der Waals surface area (Å²) in [6.07, 6.45) is -0.520. The number of benzene rings is 5. The van der Waals surface area contributed by atoms with Gasteiger partial charge >= 0.3 is 0 Å². The lowest BCUT2D eigenvalue weighted by Crippen LogP contribution is -2.15. The van der Waals surface area contributed by atoms with Crippen LogP contribution in [0.4, 0.5) is 0 Å². The van der Waals surface area contributed by atoms with Gasteiger partial charge in [0.25, 0.3) is 0 Å². The molecule has 0 fully saturated rings. The highest BCUT2D eigenvalue weighted by molar-refractivity contribution is 6.09. The van der Waals surface area contributed by atoms with E-state index < -0.39 is 0 Å². The van der Waals surface area contributed by atoms with Gasteiger partial charge in [0.1, 0.15) is 6.10 Å². The summed E-state index contributed by atoms with van der Waals surface area (Å²) < 4.78 is 12.6. The van der Waals surface area contributed by atoms with Gasteiger partial charge in [-0.2, -0.15) is 0 Å². The monoisotopic (exact) mass is 494 g/mol. The highest BCUT2D eigenvalue weighted by Gasteiger charge is 2.38. The average Bonchev–Trinajstić information content (AvgIpc) is 3.25. The molecule has 0 aromatic heterocycles. The smallest absolute Gasteiger partial charge is 0.193 e. The van der Waals surface area contributed by atoms with Crippen LogP contribution in [0.1, 0.15) is 66.3 Å². The molecule has 5 aromatic carbocycles. The Balaban J connectivity index is 1.11. The first-order valence-corrected chi connectivity index (χ1v) is 12.6. The van der Waals surface area contributed by atoms with Crippen LogP contribution < -0.4 is 9.47 Å². The Morgan fingerprint density at radius 2 is 0.947 bits per heavy atom. The van der Waals surface area contributed by atoms with Crippen molar-refractivity contribution in [3.05, 3.63) is 166 Å². The second-order valence-corrected chi connectivity index (χ2v) is 9.57. The fraction of sp³-hybridized carbons (Fsp3) is 0.0588. The first kappa shape index (κ1) is 22.3. The molecule has 0 radical (unpaired) electrons. The molecule has 182 valence electrons. The maximum atomic E-state index is 12.8. The minimum atomic E-state index is -0.276. The Morgan fingerprint density at radius 1 is 0.474 bits per heavy atom. The normalized spacial score (nSPS) is 16.5. The second-order valence-electron chi connectivity index (χ2n) is 9.57. The van der Waals surface area contributed by atoms with Crippen molar-refractivity contribution < 1.29 is 19.1 Å². The number of rotatable bonds is 6. The summed E-state index contributed by atoms with van der Waals surface area (Å²) in [5, 5.41) is 0. The van der Waals surface area contributed by atoms with E-state index in [-0.39, 0.29) is 23.8 Å². The zero-order valence-corrected chi connectivity index (χ0v) is 20.3. The first-order valence-electron chi connectivity index (χ1n) is 12.6. The number of fused-ring (bicyclic) bond motifs is 1. The predicted octanol–water partition coefficient (Wildman–Crippen LogP) is 7.11. The summed E-state index contributed by atoms with van der Waals surface area (Å²) in [7, 11) is 0. The lowest BCUT2D eigenvalue weighted by Gasteiger charge is -2.26. The quantitative estimate of drug-likeness (QED) is 0.236. The summed E-state index contributed by atoms with van der Waals surface area (Å²) in [6, 6.07) is 37.9. The summed E-state index contributed by atoms with van der Waals surface area (Å²) in [5.74, 6) is 1.49. The molecule has 0 aliphatic carbocycles. The summed E-state index contributed by atoms with van der Waals surface area (Å²) >= 11 is 0. The van der Waals surface area contributed by atoms with Gasteiger partial charge in [-0.3, -0.25) is 9.59 Å². The molecule has 4 bridgehead atoms. The van der Waals surface area contributed by atoms with Crippen LogP contribution in [0.25, 0.3) is 0 Å². The Labute approximate surface area is 220 Å². The molecule has 5 aromatic rings. The van der Waals surface area contributed by atoms with Crippen LogP contribution >= 0.6 is 0 Å². The van der Waals surface area contributed by atoms with Crippen molar-refractivity contribution >= 4 is 11.6 Å². The van der Waals surface area contributed by atoms with Crippen LogP contribution in [-0.4, -0.2) is 11.6 Å². The molecule has 8 rings (SSSR count). The van der Waals surface area contributed by atoms with Crippen LogP contribution in [0.2, 0.25) is 0 Å². The molecule has 3 aliphatic heterocycles. The molecule has 0 saturated heterocycles. The van der Waals surface area contributed by atoms with Crippen LogP contribution in [0.3, 0.4) is 0 Å². The van der Waals surface area contributed by atoms with E-state index >= 15 is 0 Å². The summed E-state index contributed by atoms with van der Waals surface area (Å²) in [6.45, 7) is 0. The number of ether oxygens (including phenoxy) is 2. The van der Waals surface area contributed by atoms with Crippen LogP contribution in [-0.2, 0) is 0 Å². The Morgan fingerprint density at radius 3 is 1.45 bits per heavy atom. The van der Waals surface area contributed by atoms with Crippen molar-refractivity contribution in [3.63, 3.8) is 0 Å². The molecule has 0 saturated carbocycles. The first-order chi connectivity index (χ1) is 18.7. The highest BCUT2D eigenvalue weighted by atomic mass is 16.5. The van der Waals surface area contributed by atoms with Gasteiger partial charge in [0.05, 0.1) is 0 Å². The van der Waals surface area contributed by atoms with Crippen molar-refractivity contribution in [2.24, 2.45) is 0 Å². The largest absolute Gasteiger partial charge is 0.477 e. The zero-order valence-electron chi connectivity index (χ0n) is 20.3. The second kappa shape index (κ2) is 8.86. The third kappa shape index (κ3) is 3.70. The zero-order chi connectivity index (χ0) is 25.6. The fourth-order valence-electron chi connectivity index (χ4n) is 5.22. The van der Waals surface area contributed by atoms with Gasteiger partial charge in [-0.05, 0) is 23.3 Å². The molecule has 0 spiro atoms. The lowest BCUT2D eigenvalue weighted by molar-refractivity contribution is 0.103. The number of carbonyl (C=O) groups excluding carboxylic acids is 2. The third-order valence-electron chi connectivity index (χ3n) is 7.19. The Kier molecular flexibility index (Phi) is 5.19. The van der Waals surface area contributed by atoms with Gasteiger partial charge in [0.2, 0.25) is 0 Å². The van der Waals surface area contributed by atoms with Gasteiger partial charge in [-0.1, -0.05) is 109 Å². The maximum Gasteiger partial charge on any atom is 0.193 e. The SMILES string of the molecule is O=C(c1ccccc1)c1ccc(C2Oc3c4cc2cc3C(c2ccc(C(=O)c3ccccc3)cc2)O4)cc1. The van der Waals surface area contributed by atoms with E-state index in [0.717, 1.165) is 33.8 Å². The third-order valence-corrected chi connectivity index (χ3v) is 7.19. The number of ketones is 2. The molecule has 4 heteroatoms.